The first kappa shape index (κ1) is 15.1. The molecule has 1 aliphatic heterocycles. The Bertz CT molecular complexity index is 418. The highest BCUT2D eigenvalue weighted by Gasteiger charge is 2.21. The Hall–Kier alpha value is -1.33. The number of hydrogen-bond acceptors (Lipinski definition) is 5. The average molecular weight is 279 g/mol. The van der Waals surface area contributed by atoms with Crippen LogP contribution >= 0.6 is 0 Å². The molecule has 0 aliphatic carbocycles. The smallest absolute Gasteiger partial charge is 0.183 e. The molecular weight excluding hydrogens is 254 g/mol. The van der Waals surface area contributed by atoms with E-state index in [0.717, 1.165) is 55.7 Å². The molecule has 20 heavy (non-hydrogen) atoms. The van der Waals surface area contributed by atoms with Crippen LogP contribution in [0.15, 0.2) is 12.3 Å². The minimum Gasteiger partial charge on any atom is -0.493 e. The van der Waals surface area contributed by atoms with Crippen molar-refractivity contribution in [1.29, 1.82) is 0 Å². The maximum absolute atomic E-state index is 5.63. The maximum Gasteiger partial charge on any atom is 0.183 e. The fourth-order valence-corrected chi connectivity index (χ4v) is 2.84. The van der Waals surface area contributed by atoms with Crippen LogP contribution in [0.5, 0.6) is 11.5 Å². The standard InChI is InChI=1S/C15H25N3O2/c1-19-14-4-8-17-13(15(14)20-2)11-18-9-5-12(3-7-16)6-10-18/h4,8,12H,3,5-7,9-11,16H2,1-2H3. The summed E-state index contributed by atoms with van der Waals surface area (Å²) < 4.78 is 10.8. The van der Waals surface area contributed by atoms with Gasteiger partial charge in [0.2, 0.25) is 0 Å². The fraction of sp³-hybridized carbons (Fsp3) is 0.667. The zero-order valence-electron chi connectivity index (χ0n) is 12.5. The summed E-state index contributed by atoms with van der Waals surface area (Å²) in [6.45, 7) is 3.82. The second-order valence-electron chi connectivity index (χ2n) is 5.29. The topological polar surface area (TPSA) is 60.6 Å². The van der Waals surface area contributed by atoms with Gasteiger partial charge in [-0.1, -0.05) is 0 Å². The van der Waals surface area contributed by atoms with Gasteiger partial charge in [-0.3, -0.25) is 9.88 Å². The molecule has 0 bridgehead atoms. The van der Waals surface area contributed by atoms with Crippen LogP contribution in [0.1, 0.15) is 25.0 Å². The van der Waals surface area contributed by atoms with Crippen molar-refractivity contribution in [2.45, 2.75) is 25.8 Å². The lowest BCUT2D eigenvalue weighted by molar-refractivity contribution is 0.170. The molecule has 0 spiro atoms. The minimum atomic E-state index is 0.746. The lowest BCUT2D eigenvalue weighted by atomic mass is 9.93. The van der Waals surface area contributed by atoms with E-state index in [0.29, 0.717) is 0 Å². The average Bonchev–Trinajstić information content (AvgIpc) is 2.49. The Balaban J connectivity index is 1.97. The predicted octanol–water partition coefficient (Wildman–Crippen LogP) is 1.66. The number of piperidine rings is 1. The molecule has 1 aromatic heterocycles. The molecular formula is C15H25N3O2. The first-order chi connectivity index (χ1) is 9.78. The summed E-state index contributed by atoms with van der Waals surface area (Å²) in [4.78, 5) is 6.87. The summed E-state index contributed by atoms with van der Waals surface area (Å²) in [7, 11) is 3.32. The molecule has 0 atom stereocenters. The minimum absolute atomic E-state index is 0.746. The Morgan fingerprint density at radius 1 is 1.30 bits per heavy atom. The van der Waals surface area contributed by atoms with E-state index in [2.05, 4.69) is 9.88 Å². The number of ether oxygens (including phenoxy) is 2. The van der Waals surface area contributed by atoms with Gasteiger partial charge in [0, 0.05) is 18.8 Å². The maximum atomic E-state index is 5.63. The molecule has 2 rings (SSSR count). The van der Waals surface area contributed by atoms with Gasteiger partial charge in [-0.05, 0) is 44.8 Å². The van der Waals surface area contributed by atoms with Gasteiger partial charge in [0.25, 0.3) is 0 Å². The molecule has 0 aromatic carbocycles. The molecule has 5 heteroatoms. The van der Waals surface area contributed by atoms with Crippen molar-refractivity contribution in [1.82, 2.24) is 9.88 Å². The number of nitrogens with zero attached hydrogens (tertiary/aromatic N) is 2. The van der Waals surface area contributed by atoms with Gasteiger partial charge in [0.05, 0.1) is 14.2 Å². The summed E-state index contributed by atoms with van der Waals surface area (Å²) in [6, 6.07) is 1.83. The summed E-state index contributed by atoms with van der Waals surface area (Å²) in [5.74, 6) is 2.28. The van der Waals surface area contributed by atoms with Crippen molar-refractivity contribution < 1.29 is 9.47 Å². The van der Waals surface area contributed by atoms with Crippen LogP contribution in [0.25, 0.3) is 0 Å². The van der Waals surface area contributed by atoms with E-state index in [4.69, 9.17) is 15.2 Å². The van der Waals surface area contributed by atoms with Crippen molar-refractivity contribution in [3.63, 3.8) is 0 Å². The van der Waals surface area contributed by atoms with Gasteiger partial charge >= 0.3 is 0 Å². The lowest BCUT2D eigenvalue weighted by Crippen LogP contribution is -2.34. The van der Waals surface area contributed by atoms with Crippen molar-refractivity contribution in [2.75, 3.05) is 33.9 Å². The summed E-state index contributed by atoms with van der Waals surface area (Å²) in [5.41, 5.74) is 6.58. The zero-order valence-corrected chi connectivity index (χ0v) is 12.5. The molecule has 2 N–H and O–H groups in total. The van der Waals surface area contributed by atoms with E-state index < -0.39 is 0 Å². The van der Waals surface area contributed by atoms with Crippen LogP contribution in [0.2, 0.25) is 0 Å². The van der Waals surface area contributed by atoms with Crippen molar-refractivity contribution in [3.8, 4) is 11.5 Å². The van der Waals surface area contributed by atoms with Gasteiger partial charge in [-0.15, -0.1) is 0 Å². The Morgan fingerprint density at radius 3 is 2.65 bits per heavy atom. The van der Waals surface area contributed by atoms with E-state index >= 15 is 0 Å². The van der Waals surface area contributed by atoms with Crippen molar-refractivity contribution in [2.24, 2.45) is 11.7 Å². The number of hydrogen-bond donors (Lipinski definition) is 1. The van der Waals surface area contributed by atoms with E-state index in [1.807, 2.05) is 6.07 Å². The molecule has 0 amide bonds. The Labute approximate surface area is 121 Å². The third-order valence-corrected chi connectivity index (χ3v) is 4.02. The van der Waals surface area contributed by atoms with E-state index in [1.165, 1.54) is 12.8 Å². The Kier molecular flexibility index (Phi) is 5.61. The summed E-state index contributed by atoms with van der Waals surface area (Å²) in [6.07, 6.45) is 5.37. The van der Waals surface area contributed by atoms with Gasteiger partial charge in [0.1, 0.15) is 5.69 Å². The predicted molar refractivity (Wildman–Crippen MR) is 79.0 cm³/mol. The van der Waals surface area contributed by atoms with Crippen molar-refractivity contribution in [3.05, 3.63) is 18.0 Å². The van der Waals surface area contributed by atoms with Gasteiger partial charge in [-0.25, -0.2) is 0 Å². The normalized spacial score (nSPS) is 17.1. The number of pyridine rings is 1. The summed E-state index contributed by atoms with van der Waals surface area (Å²) in [5, 5.41) is 0. The van der Waals surface area contributed by atoms with E-state index in [-0.39, 0.29) is 0 Å². The molecule has 0 unspecified atom stereocenters. The lowest BCUT2D eigenvalue weighted by Gasteiger charge is -2.31. The number of methoxy groups -OCH3 is 2. The number of rotatable bonds is 6. The Morgan fingerprint density at radius 2 is 2.05 bits per heavy atom. The van der Waals surface area contributed by atoms with Gasteiger partial charge in [-0.2, -0.15) is 0 Å². The largest absolute Gasteiger partial charge is 0.493 e. The molecule has 1 aromatic rings. The zero-order chi connectivity index (χ0) is 14.4. The second kappa shape index (κ2) is 7.45. The van der Waals surface area contributed by atoms with E-state index in [9.17, 15) is 0 Å². The van der Waals surface area contributed by atoms with Crippen LogP contribution in [-0.2, 0) is 6.54 Å². The van der Waals surface area contributed by atoms with E-state index in [1.54, 1.807) is 20.4 Å². The highest BCUT2D eigenvalue weighted by molar-refractivity contribution is 5.42. The quantitative estimate of drug-likeness (QED) is 0.858. The number of nitrogens with two attached hydrogens (primary N) is 1. The fourth-order valence-electron chi connectivity index (χ4n) is 2.84. The highest BCUT2D eigenvalue weighted by Crippen LogP contribution is 2.30. The second-order valence-corrected chi connectivity index (χ2v) is 5.29. The molecule has 1 fully saturated rings. The third-order valence-electron chi connectivity index (χ3n) is 4.02. The van der Waals surface area contributed by atoms with Crippen LogP contribution < -0.4 is 15.2 Å². The van der Waals surface area contributed by atoms with Crippen LogP contribution in [0, 0.1) is 5.92 Å². The van der Waals surface area contributed by atoms with Crippen molar-refractivity contribution >= 4 is 0 Å². The highest BCUT2D eigenvalue weighted by atomic mass is 16.5. The SMILES string of the molecule is COc1ccnc(CN2CCC(CCN)CC2)c1OC. The van der Waals surface area contributed by atoms with Crippen LogP contribution in [0.4, 0.5) is 0 Å². The third kappa shape index (κ3) is 3.61. The molecule has 1 aliphatic rings. The molecule has 2 heterocycles. The van der Waals surface area contributed by atoms with Gasteiger partial charge in [0.15, 0.2) is 11.5 Å². The molecule has 5 nitrogen and oxygen atoms in total. The molecule has 1 saturated heterocycles. The van der Waals surface area contributed by atoms with Crippen LogP contribution in [0.3, 0.4) is 0 Å². The summed E-state index contributed by atoms with van der Waals surface area (Å²) >= 11 is 0. The van der Waals surface area contributed by atoms with Gasteiger partial charge < -0.3 is 15.2 Å². The number of aromatic nitrogens is 1. The molecule has 0 saturated carbocycles. The first-order valence-electron chi connectivity index (χ1n) is 7.26. The molecule has 0 radical (unpaired) electrons. The van der Waals surface area contributed by atoms with Crippen LogP contribution in [-0.4, -0.2) is 43.7 Å². The molecule has 112 valence electrons. The number of likely N-dealkylation sites (tertiary alicyclic amines) is 1. The first-order valence-corrected chi connectivity index (χ1v) is 7.26. The monoisotopic (exact) mass is 279 g/mol.